The van der Waals surface area contributed by atoms with Gasteiger partial charge in [0.25, 0.3) is 0 Å². The van der Waals surface area contributed by atoms with Crippen LogP contribution in [0, 0.1) is 0 Å². The first kappa shape index (κ1) is 12.6. The Balaban J connectivity index is 2.13. The van der Waals surface area contributed by atoms with Crippen LogP contribution in [-0.2, 0) is 0 Å². The summed E-state index contributed by atoms with van der Waals surface area (Å²) in [5.74, 6) is 0. The standard InChI is InChI=1S/C12H14Cl2OS/c13-8-4-3-5-9(14)12(8)16-11-7-2-1-6-10(11)15/h3-5,10-11,15H,1-2,6-7H2. The van der Waals surface area contributed by atoms with Gasteiger partial charge in [-0.25, -0.2) is 0 Å². The highest BCUT2D eigenvalue weighted by molar-refractivity contribution is 8.00. The molecule has 0 saturated heterocycles. The summed E-state index contributed by atoms with van der Waals surface area (Å²) >= 11 is 13.8. The van der Waals surface area contributed by atoms with Crippen molar-refractivity contribution in [3.63, 3.8) is 0 Å². The number of benzene rings is 1. The topological polar surface area (TPSA) is 20.2 Å². The van der Waals surface area contributed by atoms with Crippen molar-refractivity contribution in [1.82, 2.24) is 0 Å². The Morgan fingerprint density at radius 3 is 2.38 bits per heavy atom. The lowest BCUT2D eigenvalue weighted by molar-refractivity contribution is 0.137. The molecule has 2 atom stereocenters. The Kier molecular flexibility index (Phi) is 4.42. The third-order valence-electron chi connectivity index (χ3n) is 2.86. The van der Waals surface area contributed by atoms with Gasteiger partial charge in [0.05, 0.1) is 16.1 Å². The summed E-state index contributed by atoms with van der Waals surface area (Å²) in [7, 11) is 0. The van der Waals surface area contributed by atoms with Crippen LogP contribution >= 0.6 is 35.0 Å². The molecule has 0 aromatic heterocycles. The molecule has 1 fully saturated rings. The molecule has 16 heavy (non-hydrogen) atoms. The van der Waals surface area contributed by atoms with E-state index in [1.807, 2.05) is 18.2 Å². The zero-order valence-corrected chi connectivity index (χ0v) is 11.2. The Labute approximate surface area is 110 Å². The van der Waals surface area contributed by atoms with Crippen molar-refractivity contribution in [2.24, 2.45) is 0 Å². The number of rotatable bonds is 2. The molecular formula is C12H14Cl2OS. The van der Waals surface area contributed by atoms with E-state index in [4.69, 9.17) is 23.2 Å². The molecule has 1 aliphatic rings. The van der Waals surface area contributed by atoms with E-state index >= 15 is 0 Å². The Hall–Kier alpha value is 0.110. The molecule has 1 N–H and O–H groups in total. The molecule has 1 aromatic carbocycles. The molecular weight excluding hydrogens is 263 g/mol. The minimum absolute atomic E-state index is 0.228. The summed E-state index contributed by atoms with van der Waals surface area (Å²) in [6.07, 6.45) is 3.99. The molecule has 0 heterocycles. The number of thioether (sulfide) groups is 1. The van der Waals surface area contributed by atoms with Gasteiger partial charge in [-0.3, -0.25) is 0 Å². The fourth-order valence-corrected chi connectivity index (χ4v) is 3.87. The van der Waals surface area contributed by atoms with E-state index in [0.29, 0.717) is 10.0 Å². The van der Waals surface area contributed by atoms with Gasteiger partial charge >= 0.3 is 0 Å². The molecule has 0 radical (unpaired) electrons. The largest absolute Gasteiger partial charge is 0.392 e. The van der Waals surface area contributed by atoms with E-state index in [1.165, 1.54) is 6.42 Å². The highest BCUT2D eigenvalue weighted by Crippen LogP contribution is 2.40. The molecule has 2 rings (SSSR count). The Bertz CT molecular complexity index is 350. The van der Waals surface area contributed by atoms with Gasteiger partial charge in [0.15, 0.2) is 0 Å². The Morgan fingerprint density at radius 1 is 1.12 bits per heavy atom. The quantitative estimate of drug-likeness (QED) is 0.865. The first-order valence-electron chi connectivity index (χ1n) is 5.47. The molecule has 1 saturated carbocycles. The number of hydrogen-bond acceptors (Lipinski definition) is 2. The lowest BCUT2D eigenvalue weighted by Crippen LogP contribution is -2.26. The molecule has 2 unspecified atom stereocenters. The normalized spacial score (nSPS) is 25.7. The van der Waals surface area contributed by atoms with Crippen molar-refractivity contribution in [2.45, 2.75) is 41.9 Å². The van der Waals surface area contributed by atoms with Crippen molar-refractivity contribution in [2.75, 3.05) is 0 Å². The zero-order valence-electron chi connectivity index (χ0n) is 8.83. The van der Waals surface area contributed by atoms with Crippen LogP contribution in [0.1, 0.15) is 25.7 Å². The number of hydrogen-bond donors (Lipinski definition) is 1. The molecule has 0 amide bonds. The minimum atomic E-state index is -0.230. The van der Waals surface area contributed by atoms with Crippen molar-refractivity contribution in [3.05, 3.63) is 28.2 Å². The fourth-order valence-electron chi connectivity index (χ4n) is 1.96. The van der Waals surface area contributed by atoms with Crippen LogP contribution in [0.3, 0.4) is 0 Å². The summed E-state index contributed by atoms with van der Waals surface area (Å²) < 4.78 is 0. The van der Waals surface area contributed by atoms with E-state index in [2.05, 4.69) is 0 Å². The van der Waals surface area contributed by atoms with Crippen LogP contribution in [-0.4, -0.2) is 16.5 Å². The number of aliphatic hydroxyl groups excluding tert-OH is 1. The van der Waals surface area contributed by atoms with Crippen molar-refractivity contribution >= 4 is 35.0 Å². The van der Waals surface area contributed by atoms with Gasteiger partial charge in [0.2, 0.25) is 0 Å². The van der Waals surface area contributed by atoms with Gasteiger partial charge < -0.3 is 5.11 Å². The zero-order chi connectivity index (χ0) is 11.5. The molecule has 0 aliphatic heterocycles. The first-order chi connectivity index (χ1) is 7.68. The average Bonchev–Trinajstić information content (AvgIpc) is 2.26. The molecule has 0 bridgehead atoms. The summed E-state index contributed by atoms with van der Waals surface area (Å²) in [5, 5.41) is 11.5. The smallest absolute Gasteiger partial charge is 0.0662 e. The van der Waals surface area contributed by atoms with Crippen LogP contribution in [0.25, 0.3) is 0 Å². The minimum Gasteiger partial charge on any atom is -0.392 e. The van der Waals surface area contributed by atoms with Gasteiger partial charge in [0, 0.05) is 10.1 Å². The summed E-state index contributed by atoms with van der Waals surface area (Å²) in [5.41, 5.74) is 0. The van der Waals surface area contributed by atoms with E-state index in [1.54, 1.807) is 11.8 Å². The van der Waals surface area contributed by atoms with Gasteiger partial charge in [0.1, 0.15) is 0 Å². The first-order valence-corrected chi connectivity index (χ1v) is 7.11. The maximum absolute atomic E-state index is 9.91. The van der Waals surface area contributed by atoms with E-state index in [-0.39, 0.29) is 11.4 Å². The second-order valence-electron chi connectivity index (χ2n) is 4.06. The second-order valence-corrected chi connectivity index (χ2v) is 6.12. The van der Waals surface area contributed by atoms with Gasteiger partial charge in [-0.1, -0.05) is 42.1 Å². The lowest BCUT2D eigenvalue weighted by atomic mass is 9.97. The van der Waals surface area contributed by atoms with Gasteiger partial charge in [-0.05, 0) is 25.0 Å². The van der Waals surface area contributed by atoms with E-state index in [0.717, 1.165) is 24.2 Å². The highest BCUT2D eigenvalue weighted by atomic mass is 35.5. The van der Waals surface area contributed by atoms with Gasteiger partial charge in [-0.15, -0.1) is 11.8 Å². The van der Waals surface area contributed by atoms with Crippen LogP contribution in [0.5, 0.6) is 0 Å². The van der Waals surface area contributed by atoms with Crippen LogP contribution in [0.15, 0.2) is 23.1 Å². The van der Waals surface area contributed by atoms with Crippen LogP contribution in [0.4, 0.5) is 0 Å². The SMILES string of the molecule is OC1CCCCC1Sc1c(Cl)cccc1Cl. The maximum atomic E-state index is 9.91. The summed E-state index contributed by atoms with van der Waals surface area (Å²) in [6.45, 7) is 0. The third kappa shape index (κ3) is 2.86. The highest BCUT2D eigenvalue weighted by Gasteiger charge is 2.25. The van der Waals surface area contributed by atoms with Gasteiger partial charge in [-0.2, -0.15) is 0 Å². The summed E-state index contributed by atoms with van der Waals surface area (Å²) in [4.78, 5) is 0.900. The number of aliphatic hydroxyl groups is 1. The van der Waals surface area contributed by atoms with E-state index < -0.39 is 0 Å². The molecule has 0 spiro atoms. The van der Waals surface area contributed by atoms with Crippen LogP contribution < -0.4 is 0 Å². The van der Waals surface area contributed by atoms with Crippen molar-refractivity contribution in [3.8, 4) is 0 Å². The molecule has 1 nitrogen and oxygen atoms in total. The predicted octanol–water partition coefficient (Wildman–Crippen LogP) is 4.39. The number of halogens is 2. The van der Waals surface area contributed by atoms with E-state index in [9.17, 15) is 5.11 Å². The molecule has 4 heteroatoms. The maximum Gasteiger partial charge on any atom is 0.0662 e. The molecule has 1 aromatic rings. The third-order valence-corrected chi connectivity index (χ3v) is 5.24. The second kappa shape index (κ2) is 5.63. The predicted molar refractivity (Wildman–Crippen MR) is 70.6 cm³/mol. The van der Waals surface area contributed by atoms with Crippen LogP contribution in [0.2, 0.25) is 10.0 Å². The van der Waals surface area contributed by atoms with Crippen molar-refractivity contribution in [1.29, 1.82) is 0 Å². The van der Waals surface area contributed by atoms with Crippen molar-refractivity contribution < 1.29 is 5.11 Å². The monoisotopic (exact) mass is 276 g/mol. The Morgan fingerprint density at radius 2 is 1.75 bits per heavy atom. The lowest BCUT2D eigenvalue weighted by Gasteiger charge is -2.27. The average molecular weight is 277 g/mol. The summed E-state index contributed by atoms with van der Waals surface area (Å²) in [6, 6.07) is 5.52. The molecule has 88 valence electrons. The fraction of sp³-hybridized carbons (Fsp3) is 0.500. The molecule has 1 aliphatic carbocycles.